The number of imidazole rings is 1. The van der Waals surface area contributed by atoms with E-state index in [1.54, 1.807) is 6.92 Å². The summed E-state index contributed by atoms with van der Waals surface area (Å²) in [6.45, 7) is 1.53. The van der Waals surface area contributed by atoms with Crippen molar-refractivity contribution in [2.45, 2.75) is 19.6 Å². The molecule has 1 atom stereocenters. The van der Waals surface area contributed by atoms with Gasteiger partial charge in [-0.1, -0.05) is 6.92 Å². The molecule has 1 unspecified atom stereocenters. The number of aliphatic hydroxyl groups excluding tert-OH is 1. The molecule has 0 aliphatic carbocycles. The van der Waals surface area contributed by atoms with Crippen molar-refractivity contribution >= 4 is 16.7 Å². The summed E-state index contributed by atoms with van der Waals surface area (Å²) in [5, 5.41) is 9.01. The quantitative estimate of drug-likeness (QED) is 0.843. The summed E-state index contributed by atoms with van der Waals surface area (Å²) in [5.74, 6) is -1.26. The highest BCUT2D eigenvalue weighted by Gasteiger charge is 2.37. The van der Waals surface area contributed by atoms with Gasteiger partial charge in [-0.2, -0.15) is 13.2 Å². The fourth-order valence-corrected chi connectivity index (χ4v) is 1.92. The lowest BCUT2D eigenvalue weighted by Gasteiger charge is -2.14. The number of fused-ring (bicyclic) bond motifs is 1. The van der Waals surface area contributed by atoms with Crippen LogP contribution < -0.4 is 5.73 Å². The SMILES string of the molecule is CC(CO)Cn1c(C(F)(F)F)nc2cc(N)ccc21. The van der Waals surface area contributed by atoms with Crippen LogP contribution in [0.5, 0.6) is 0 Å². The van der Waals surface area contributed by atoms with E-state index in [4.69, 9.17) is 10.8 Å². The van der Waals surface area contributed by atoms with Crippen LogP contribution in [0, 0.1) is 5.92 Å². The molecular weight excluding hydrogens is 259 g/mol. The Morgan fingerprint density at radius 1 is 1.42 bits per heavy atom. The van der Waals surface area contributed by atoms with Crippen LogP contribution in [0.3, 0.4) is 0 Å². The molecule has 0 aliphatic heterocycles. The van der Waals surface area contributed by atoms with Gasteiger partial charge in [-0.05, 0) is 24.1 Å². The number of halogens is 3. The van der Waals surface area contributed by atoms with Gasteiger partial charge in [-0.15, -0.1) is 0 Å². The molecule has 0 amide bonds. The second-order valence-electron chi connectivity index (χ2n) is 4.58. The number of alkyl halides is 3. The van der Waals surface area contributed by atoms with Gasteiger partial charge in [0.05, 0.1) is 11.0 Å². The molecule has 1 heterocycles. The summed E-state index contributed by atoms with van der Waals surface area (Å²) in [6.07, 6.45) is -4.54. The average Bonchev–Trinajstić information content (AvgIpc) is 2.67. The van der Waals surface area contributed by atoms with Crippen LogP contribution in [-0.2, 0) is 12.7 Å². The van der Waals surface area contributed by atoms with Crippen molar-refractivity contribution in [2.24, 2.45) is 5.92 Å². The van der Waals surface area contributed by atoms with E-state index in [0.717, 1.165) is 4.57 Å². The number of aromatic nitrogens is 2. The van der Waals surface area contributed by atoms with Gasteiger partial charge in [0.15, 0.2) is 0 Å². The minimum atomic E-state index is -4.54. The third kappa shape index (κ3) is 2.65. The third-order valence-electron chi connectivity index (χ3n) is 2.83. The van der Waals surface area contributed by atoms with E-state index >= 15 is 0 Å². The summed E-state index contributed by atoms with van der Waals surface area (Å²) < 4.78 is 40.0. The predicted molar refractivity (Wildman–Crippen MR) is 65.4 cm³/mol. The van der Waals surface area contributed by atoms with E-state index in [9.17, 15) is 13.2 Å². The molecule has 4 nitrogen and oxygen atoms in total. The number of rotatable bonds is 3. The number of nitrogens with zero attached hydrogens (tertiary/aromatic N) is 2. The summed E-state index contributed by atoms with van der Waals surface area (Å²) in [6, 6.07) is 4.45. The molecule has 0 saturated carbocycles. The molecule has 2 rings (SSSR count). The highest BCUT2D eigenvalue weighted by atomic mass is 19.4. The van der Waals surface area contributed by atoms with E-state index in [1.165, 1.54) is 18.2 Å². The van der Waals surface area contributed by atoms with Crippen LogP contribution >= 0.6 is 0 Å². The van der Waals surface area contributed by atoms with Gasteiger partial charge in [-0.25, -0.2) is 4.98 Å². The Kier molecular flexibility index (Phi) is 3.40. The maximum absolute atomic E-state index is 13.0. The maximum Gasteiger partial charge on any atom is 0.449 e. The normalized spacial score (nSPS) is 13.9. The zero-order valence-corrected chi connectivity index (χ0v) is 10.3. The Labute approximate surface area is 107 Å². The molecule has 7 heteroatoms. The standard InChI is InChI=1S/C12H14F3N3O/c1-7(6-19)5-18-10-3-2-8(16)4-9(10)17-11(18)12(13,14)15/h2-4,7,19H,5-6,16H2,1H3. The Morgan fingerprint density at radius 2 is 2.11 bits per heavy atom. The lowest BCUT2D eigenvalue weighted by molar-refractivity contribution is -0.147. The summed E-state index contributed by atoms with van der Waals surface area (Å²) in [4.78, 5) is 3.61. The molecule has 19 heavy (non-hydrogen) atoms. The highest BCUT2D eigenvalue weighted by molar-refractivity contribution is 5.79. The molecule has 3 N–H and O–H groups in total. The van der Waals surface area contributed by atoms with Crippen LogP contribution in [0.2, 0.25) is 0 Å². The van der Waals surface area contributed by atoms with Crippen molar-refractivity contribution in [2.75, 3.05) is 12.3 Å². The largest absolute Gasteiger partial charge is 0.449 e. The maximum atomic E-state index is 13.0. The Hall–Kier alpha value is -1.76. The van der Waals surface area contributed by atoms with Crippen molar-refractivity contribution in [1.82, 2.24) is 9.55 Å². The molecule has 1 aromatic heterocycles. The molecular formula is C12H14F3N3O. The molecule has 0 bridgehead atoms. The Balaban J connectivity index is 2.62. The third-order valence-corrected chi connectivity index (χ3v) is 2.83. The fourth-order valence-electron chi connectivity index (χ4n) is 1.92. The first-order valence-electron chi connectivity index (χ1n) is 5.76. The zero-order chi connectivity index (χ0) is 14.2. The molecule has 0 saturated heterocycles. The number of aliphatic hydroxyl groups is 1. The number of benzene rings is 1. The lowest BCUT2D eigenvalue weighted by atomic mass is 10.2. The molecule has 1 aromatic carbocycles. The van der Waals surface area contributed by atoms with Crippen molar-refractivity contribution in [3.8, 4) is 0 Å². The van der Waals surface area contributed by atoms with E-state index in [2.05, 4.69) is 4.98 Å². The van der Waals surface area contributed by atoms with Gasteiger partial charge in [0, 0.05) is 18.8 Å². The second-order valence-corrected chi connectivity index (χ2v) is 4.58. The first kappa shape index (κ1) is 13.7. The summed E-state index contributed by atoms with van der Waals surface area (Å²) in [7, 11) is 0. The Bertz CT molecular complexity index is 592. The van der Waals surface area contributed by atoms with Gasteiger partial charge in [0.1, 0.15) is 0 Å². The smallest absolute Gasteiger partial charge is 0.399 e. The molecule has 0 spiro atoms. The number of hydrogen-bond donors (Lipinski definition) is 2. The van der Waals surface area contributed by atoms with E-state index in [-0.39, 0.29) is 24.6 Å². The summed E-state index contributed by atoms with van der Waals surface area (Å²) in [5.41, 5.74) is 6.48. The van der Waals surface area contributed by atoms with Gasteiger partial charge in [0.25, 0.3) is 0 Å². The number of nitrogen functional groups attached to an aromatic ring is 1. The van der Waals surface area contributed by atoms with Crippen molar-refractivity contribution < 1.29 is 18.3 Å². The second kappa shape index (κ2) is 4.73. The van der Waals surface area contributed by atoms with Gasteiger partial charge in [0.2, 0.25) is 5.82 Å². The minimum Gasteiger partial charge on any atom is -0.399 e. The van der Waals surface area contributed by atoms with Crippen molar-refractivity contribution in [3.05, 3.63) is 24.0 Å². The zero-order valence-electron chi connectivity index (χ0n) is 10.3. The van der Waals surface area contributed by atoms with E-state index in [0.29, 0.717) is 11.2 Å². The monoisotopic (exact) mass is 273 g/mol. The van der Waals surface area contributed by atoms with Crippen LogP contribution in [-0.4, -0.2) is 21.3 Å². The van der Waals surface area contributed by atoms with Crippen molar-refractivity contribution in [3.63, 3.8) is 0 Å². The fraction of sp³-hybridized carbons (Fsp3) is 0.417. The molecule has 0 radical (unpaired) electrons. The topological polar surface area (TPSA) is 64.1 Å². The van der Waals surface area contributed by atoms with Crippen LogP contribution in [0.4, 0.5) is 18.9 Å². The first-order valence-corrected chi connectivity index (χ1v) is 5.76. The van der Waals surface area contributed by atoms with E-state index in [1.807, 2.05) is 0 Å². The number of hydrogen-bond acceptors (Lipinski definition) is 3. The van der Waals surface area contributed by atoms with Gasteiger partial charge >= 0.3 is 6.18 Å². The molecule has 0 fully saturated rings. The van der Waals surface area contributed by atoms with Gasteiger partial charge < -0.3 is 15.4 Å². The van der Waals surface area contributed by atoms with Crippen LogP contribution in [0.25, 0.3) is 11.0 Å². The molecule has 0 aliphatic rings. The van der Waals surface area contributed by atoms with Gasteiger partial charge in [-0.3, -0.25) is 0 Å². The lowest BCUT2D eigenvalue weighted by Crippen LogP contribution is -2.19. The highest BCUT2D eigenvalue weighted by Crippen LogP contribution is 2.32. The van der Waals surface area contributed by atoms with Crippen LogP contribution in [0.1, 0.15) is 12.7 Å². The Morgan fingerprint density at radius 3 is 2.68 bits per heavy atom. The first-order chi connectivity index (χ1) is 8.82. The van der Waals surface area contributed by atoms with Crippen molar-refractivity contribution in [1.29, 1.82) is 0 Å². The average molecular weight is 273 g/mol. The van der Waals surface area contributed by atoms with Crippen LogP contribution in [0.15, 0.2) is 18.2 Å². The molecule has 2 aromatic rings. The molecule has 104 valence electrons. The minimum absolute atomic E-state index is 0.0474. The summed E-state index contributed by atoms with van der Waals surface area (Å²) >= 11 is 0. The predicted octanol–water partition coefficient (Wildman–Crippen LogP) is 2.27. The van der Waals surface area contributed by atoms with E-state index < -0.39 is 12.0 Å². The number of anilines is 1. The number of nitrogens with two attached hydrogens (primary N) is 1.